The first-order valence-electron chi connectivity index (χ1n) is 18.9. The third kappa shape index (κ3) is 6.02. The molecule has 0 aliphatic carbocycles. The van der Waals surface area contributed by atoms with E-state index < -0.39 is 0 Å². The van der Waals surface area contributed by atoms with Crippen molar-refractivity contribution in [2.75, 3.05) is 4.90 Å². The molecule has 0 radical (unpaired) electrons. The van der Waals surface area contributed by atoms with E-state index in [9.17, 15) is 0 Å². The number of fused-ring (bicyclic) bond motifs is 5. The monoisotopic (exact) mass is 699 g/mol. The first-order chi connectivity index (χ1) is 27.3. The summed E-state index contributed by atoms with van der Waals surface area (Å²) in [7, 11) is 0. The summed E-state index contributed by atoms with van der Waals surface area (Å²) >= 11 is 0. The molecule has 0 unspecified atom stereocenters. The van der Waals surface area contributed by atoms with Gasteiger partial charge >= 0.3 is 0 Å². The van der Waals surface area contributed by atoms with Crippen molar-refractivity contribution >= 4 is 49.4 Å². The van der Waals surface area contributed by atoms with E-state index in [4.69, 9.17) is 0 Å². The molecule has 0 aromatic heterocycles. The van der Waals surface area contributed by atoms with Crippen molar-refractivity contribution in [1.29, 1.82) is 0 Å². The summed E-state index contributed by atoms with van der Waals surface area (Å²) in [6, 6.07) is 81.3. The third-order valence-corrected chi connectivity index (χ3v) is 10.9. The minimum atomic E-state index is 1.10. The van der Waals surface area contributed by atoms with E-state index in [1.165, 1.54) is 76.8 Å². The van der Waals surface area contributed by atoms with Gasteiger partial charge in [0.15, 0.2) is 0 Å². The van der Waals surface area contributed by atoms with Crippen LogP contribution in [0.2, 0.25) is 0 Å². The minimum Gasteiger partial charge on any atom is -0.310 e. The topological polar surface area (TPSA) is 3.24 Å². The summed E-state index contributed by atoms with van der Waals surface area (Å²) in [4.78, 5) is 2.39. The van der Waals surface area contributed by atoms with Gasteiger partial charge in [0.05, 0.1) is 5.69 Å². The van der Waals surface area contributed by atoms with Gasteiger partial charge in [-0.3, -0.25) is 0 Å². The van der Waals surface area contributed by atoms with E-state index in [2.05, 4.69) is 229 Å². The highest BCUT2D eigenvalue weighted by atomic mass is 15.1. The van der Waals surface area contributed by atoms with Crippen LogP contribution >= 0.6 is 0 Å². The van der Waals surface area contributed by atoms with Crippen LogP contribution in [0, 0.1) is 0 Å². The molecule has 0 heterocycles. The van der Waals surface area contributed by atoms with Crippen LogP contribution in [0.5, 0.6) is 0 Å². The Balaban J connectivity index is 1.10. The number of anilines is 3. The van der Waals surface area contributed by atoms with E-state index in [0.29, 0.717) is 0 Å². The first kappa shape index (κ1) is 32.4. The number of rotatable bonds is 7. The normalized spacial score (nSPS) is 11.3. The Morgan fingerprint density at radius 3 is 1.35 bits per heavy atom. The van der Waals surface area contributed by atoms with E-state index in [1.807, 2.05) is 0 Å². The Morgan fingerprint density at radius 1 is 0.255 bits per heavy atom. The molecule has 10 rings (SSSR count). The lowest BCUT2D eigenvalue weighted by Crippen LogP contribution is -2.11. The molecule has 0 atom stereocenters. The maximum Gasteiger partial charge on any atom is 0.0540 e. The zero-order chi connectivity index (χ0) is 36.6. The smallest absolute Gasteiger partial charge is 0.0540 e. The molecule has 1 nitrogen and oxygen atoms in total. The molecule has 1 heteroatoms. The number of benzene rings is 10. The highest BCUT2D eigenvalue weighted by Gasteiger charge is 2.18. The van der Waals surface area contributed by atoms with E-state index in [0.717, 1.165) is 17.1 Å². The standard InChI is InChI=1S/C54H37N/c1-3-13-38(14-4-1)40-23-25-43(26-24-40)48-18-11-12-22-53(48)55(46-33-29-41(30-34-46)39-15-5-2-6-16-39)47-35-31-44(32-36-47)52-37-45-28-27-42-17-7-8-19-49(42)54(45)51-21-10-9-20-50(51)52/h1-37H. The fourth-order valence-corrected chi connectivity index (χ4v) is 8.15. The minimum absolute atomic E-state index is 1.10. The average Bonchev–Trinajstić information content (AvgIpc) is 3.27. The molecular formula is C54H37N. The highest BCUT2D eigenvalue weighted by molar-refractivity contribution is 6.23. The lowest BCUT2D eigenvalue weighted by atomic mass is 9.90. The molecule has 55 heavy (non-hydrogen) atoms. The van der Waals surface area contributed by atoms with Crippen LogP contribution in [0.25, 0.3) is 76.8 Å². The summed E-state index contributed by atoms with van der Waals surface area (Å²) in [5, 5.41) is 7.67. The predicted molar refractivity (Wildman–Crippen MR) is 235 cm³/mol. The molecule has 0 bridgehead atoms. The molecule has 0 N–H and O–H groups in total. The number of hydrogen-bond acceptors (Lipinski definition) is 1. The Hall–Kier alpha value is -7.22. The van der Waals surface area contributed by atoms with Gasteiger partial charge in [0.25, 0.3) is 0 Å². The summed E-state index contributed by atoms with van der Waals surface area (Å²) in [5.74, 6) is 0. The molecule has 0 fully saturated rings. The lowest BCUT2D eigenvalue weighted by Gasteiger charge is -2.28. The Bertz CT molecular complexity index is 2930. The molecular weight excluding hydrogens is 663 g/mol. The van der Waals surface area contributed by atoms with Crippen LogP contribution in [0.1, 0.15) is 0 Å². The molecule has 0 saturated carbocycles. The van der Waals surface area contributed by atoms with E-state index in [1.54, 1.807) is 0 Å². The van der Waals surface area contributed by atoms with Gasteiger partial charge in [0.2, 0.25) is 0 Å². The fourth-order valence-electron chi connectivity index (χ4n) is 8.15. The molecule has 0 spiro atoms. The SMILES string of the molecule is c1ccc(-c2ccc(-c3ccccc3N(c3ccc(-c4ccccc4)cc3)c3ccc(-c4cc5ccc6ccccc6c5c5ccccc45)cc3)cc2)cc1. The van der Waals surface area contributed by atoms with Gasteiger partial charge in [-0.2, -0.15) is 0 Å². The van der Waals surface area contributed by atoms with Gasteiger partial charge < -0.3 is 4.90 Å². The second-order valence-electron chi connectivity index (χ2n) is 14.1. The summed E-state index contributed by atoms with van der Waals surface area (Å²) in [5.41, 5.74) is 12.9. The molecule has 0 aliphatic rings. The van der Waals surface area contributed by atoms with Gasteiger partial charge in [-0.25, -0.2) is 0 Å². The van der Waals surface area contributed by atoms with Crippen molar-refractivity contribution in [3.63, 3.8) is 0 Å². The highest BCUT2D eigenvalue weighted by Crippen LogP contribution is 2.43. The predicted octanol–water partition coefficient (Wildman–Crippen LogP) is 15.3. The average molecular weight is 700 g/mol. The second kappa shape index (κ2) is 14.0. The number of para-hydroxylation sites is 1. The quantitative estimate of drug-likeness (QED) is 0.150. The fraction of sp³-hybridized carbons (Fsp3) is 0. The van der Waals surface area contributed by atoms with Gasteiger partial charge in [-0.1, -0.05) is 188 Å². The van der Waals surface area contributed by atoms with Gasteiger partial charge in [0, 0.05) is 16.9 Å². The van der Waals surface area contributed by atoms with Crippen LogP contribution in [0.3, 0.4) is 0 Å². The van der Waals surface area contributed by atoms with Crippen LogP contribution in [0.4, 0.5) is 17.1 Å². The van der Waals surface area contributed by atoms with Gasteiger partial charge in [-0.15, -0.1) is 0 Å². The molecule has 0 amide bonds. The summed E-state index contributed by atoms with van der Waals surface area (Å²) in [6.07, 6.45) is 0. The molecule has 10 aromatic carbocycles. The maximum absolute atomic E-state index is 2.39. The van der Waals surface area contributed by atoms with Crippen molar-refractivity contribution in [3.05, 3.63) is 224 Å². The number of hydrogen-bond donors (Lipinski definition) is 0. The van der Waals surface area contributed by atoms with Gasteiger partial charge in [0.1, 0.15) is 0 Å². The Kier molecular flexibility index (Phi) is 8.24. The number of nitrogens with zero attached hydrogens (tertiary/aromatic N) is 1. The third-order valence-electron chi connectivity index (χ3n) is 10.9. The van der Waals surface area contributed by atoms with Crippen LogP contribution in [-0.2, 0) is 0 Å². The zero-order valence-electron chi connectivity index (χ0n) is 30.3. The van der Waals surface area contributed by atoms with Crippen molar-refractivity contribution in [2.45, 2.75) is 0 Å². The Morgan fingerprint density at radius 2 is 0.691 bits per heavy atom. The van der Waals surface area contributed by atoms with Gasteiger partial charge in [-0.05, 0) is 108 Å². The largest absolute Gasteiger partial charge is 0.310 e. The maximum atomic E-state index is 2.39. The summed E-state index contributed by atoms with van der Waals surface area (Å²) in [6.45, 7) is 0. The Labute approximate surface area is 322 Å². The molecule has 0 saturated heterocycles. The first-order valence-corrected chi connectivity index (χ1v) is 18.9. The van der Waals surface area contributed by atoms with E-state index in [-0.39, 0.29) is 0 Å². The molecule has 258 valence electrons. The molecule has 0 aliphatic heterocycles. The van der Waals surface area contributed by atoms with Crippen molar-refractivity contribution < 1.29 is 0 Å². The van der Waals surface area contributed by atoms with Crippen LogP contribution in [0.15, 0.2) is 224 Å². The van der Waals surface area contributed by atoms with E-state index >= 15 is 0 Å². The second-order valence-corrected chi connectivity index (χ2v) is 14.1. The van der Waals surface area contributed by atoms with Crippen molar-refractivity contribution in [2.24, 2.45) is 0 Å². The van der Waals surface area contributed by atoms with Crippen molar-refractivity contribution in [1.82, 2.24) is 0 Å². The van der Waals surface area contributed by atoms with Crippen molar-refractivity contribution in [3.8, 4) is 44.5 Å². The van der Waals surface area contributed by atoms with Crippen LogP contribution < -0.4 is 4.90 Å². The lowest BCUT2D eigenvalue weighted by molar-refractivity contribution is 1.28. The zero-order valence-corrected chi connectivity index (χ0v) is 30.3. The molecule has 10 aromatic rings. The summed E-state index contributed by atoms with van der Waals surface area (Å²) < 4.78 is 0. The van der Waals surface area contributed by atoms with Crippen LogP contribution in [-0.4, -0.2) is 0 Å².